The van der Waals surface area contributed by atoms with E-state index in [4.69, 9.17) is 0 Å². The van der Waals surface area contributed by atoms with E-state index in [1.807, 2.05) is 43.5 Å². The molecule has 0 bridgehead atoms. The molecule has 4 heteroatoms. The molecule has 0 saturated carbocycles. The maximum atomic E-state index is 12.7. The highest BCUT2D eigenvalue weighted by Crippen LogP contribution is 2.20. The Balaban J connectivity index is 1.92. The topological polar surface area (TPSA) is 46.1 Å². The van der Waals surface area contributed by atoms with Crippen LogP contribution in [0, 0.1) is 0 Å². The Bertz CT molecular complexity index is 659. The molecule has 2 aromatic heterocycles. The second kappa shape index (κ2) is 6.45. The van der Waals surface area contributed by atoms with E-state index in [1.54, 1.807) is 24.8 Å². The van der Waals surface area contributed by atoms with Crippen LogP contribution in [-0.4, -0.2) is 40.8 Å². The largest absolute Gasteiger partial charge is 0.298 e. The molecule has 1 saturated heterocycles. The summed E-state index contributed by atoms with van der Waals surface area (Å²) in [5.41, 5.74) is 3.47. The van der Waals surface area contributed by atoms with Crippen molar-refractivity contribution in [1.82, 2.24) is 14.9 Å². The molecule has 4 nitrogen and oxygen atoms in total. The minimum atomic E-state index is 0.103. The van der Waals surface area contributed by atoms with Gasteiger partial charge in [-0.25, -0.2) is 0 Å². The van der Waals surface area contributed by atoms with Crippen molar-refractivity contribution in [1.29, 1.82) is 0 Å². The van der Waals surface area contributed by atoms with Crippen LogP contribution in [-0.2, 0) is 4.79 Å². The summed E-state index contributed by atoms with van der Waals surface area (Å²) in [6.45, 7) is 1.30. The number of pyridine rings is 2. The van der Waals surface area contributed by atoms with Gasteiger partial charge in [-0.15, -0.1) is 0 Å². The molecule has 3 rings (SSSR count). The summed E-state index contributed by atoms with van der Waals surface area (Å²) in [5.74, 6) is 0.103. The molecule has 0 spiro atoms. The Morgan fingerprint density at radius 3 is 1.86 bits per heavy atom. The standard InChI is InChI=1S/C18H17N3O/c1-21-12-16(8-14-4-2-6-19-10-14)18(22)17(13-21)9-15-5-3-7-20-11-15/h2-11H,12-13H2,1H3/b16-8+,17-9+. The number of carbonyl (C=O) groups excluding carboxylic acids is 1. The van der Waals surface area contributed by atoms with Gasteiger partial charge in [0.05, 0.1) is 0 Å². The molecule has 110 valence electrons. The van der Waals surface area contributed by atoms with E-state index in [0.717, 1.165) is 22.3 Å². The third-order valence-electron chi connectivity index (χ3n) is 3.51. The van der Waals surface area contributed by atoms with E-state index < -0.39 is 0 Å². The van der Waals surface area contributed by atoms with Crippen molar-refractivity contribution in [3.63, 3.8) is 0 Å². The van der Waals surface area contributed by atoms with E-state index in [1.165, 1.54) is 0 Å². The summed E-state index contributed by atoms with van der Waals surface area (Å²) in [6, 6.07) is 7.64. The SMILES string of the molecule is CN1C/C(=C\c2cccnc2)C(=O)/C(=C/c2cccnc2)C1. The minimum Gasteiger partial charge on any atom is -0.298 e. The van der Waals surface area contributed by atoms with E-state index in [2.05, 4.69) is 14.9 Å². The molecule has 0 unspecified atom stereocenters. The summed E-state index contributed by atoms with van der Waals surface area (Å²) in [7, 11) is 2.01. The van der Waals surface area contributed by atoms with Crippen molar-refractivity contribution in [3.8, 4) is 0 Å². The molecular formula is C18H17N3O. The number of carbonyl (C=O) groups is 1. The second-order valence-corrected chi connectivity index (χ2v) is 5.41. The third-order valence-corrected chi connectivity index (χ3v) is 3.51. The van der Waals surface area contributed by atoms with Gasteiger partial charge in [0.2, 0.25) is 0 Å². The molecule has 0 aliphatic carbocycles. The van der Waals surface area contributed by atoms with Gasteiger partial charge in [-0.05, 0) is 42.5 Å². The first kappa shape index (κ1) is 14.4. The van der Waals surface area contributed by atoms with Crippen LogP contribution in [0.15, 0.2) is 60.2 Å². The highest BCUT2D eigenvalue weighted by molar-refractivity contribution is 6.14. The highest BCUT2D eigenvalue weighted by atomic mass is 16.1. The summed E-state index contributed by atoms with van der Waals surface area (Å²) in [5, 5.41) is 0. The van der Waals surface area contributed by atoms with Gasteiger partial charge in [-0.3, -0.25) is 19.7 Å². The summed E-state index contributed by atoms with van der Waals surface area (Å²) < 4.78 is 0. The van der Waals surface area contributed by atoms with Crippen molar-refractivity contribution in [3.05, 3.63) is 71.3 Å². The van der Waals surface area contributed by atoms with Crippen LogP contribution in [0.2, 0.25) is 0 Å². The predicted molar refractivity (Wildman–Crippen MR) is 86.9 cm³/mol. The van der Waals surface area contributed by atoms with Gasteiger partial charge in [0.25, 0.3) is 0 Å². The molecule has 0 atom stereocenters. The van der Waals surface area contributed by atoms with Gasteiger partial charge in [-0.2, -0.15) is 0 Å². The number of nitrogens with zero attached hydrogens (tertiary/aromatic N) is 3. The van der Waals surface area contributed by atoms with E-state index in [0.29, 0.717) is 13.1 Å². The average molecular weight is 291 g/mol. The zero-order valence-corrected chi connectivity index (χ0v) is 12.4. The number of ketones is 1. The maximum Gasteiger partial charge on any atom is 0.187 e. The lowest BCUT2D eigenvalue weighted by Gasteiger charge is -2.26. The molecule has 3 heterocycles. The van der Waals surface area contributed by atoms with Crippen molar-refractivity contribution < 1.29 is 4.79 Å². The summed E-state index contributed by atoms with van der Waals surface area (Å²) in [6.07, 6.45) is 10.8. The smallest absolute Gasteiger partial charge is 0.187 e. The van der Waals surface area contributed by atoms with Crippen LogP contribution < -0.4 is 0 Å². The number of likely N-dealkylation sites (tertiary alicyclic amines) is 1. The lowest BCUT2D eigenvalue weighted by molar-refractivity contribution is -0.113. The van der Waals surface area contributed by atoms with E-state index in [9.17, 15) is 4.79 Å². The number of aromatic nitrogens is 2. The van der Waals surface area contributed by atoms with Gasteiger partial charge in [-0.1, -0.05) is 12.1 Å². The molecule has 0 radical (unpaired) electrons. The number of Topliss-reactive ketones (excluding diaryl/α,β-unsaturated/α-hetero) is 1. The van der Waals surface area contributed by atoms with Crippen molar-refractivity contribution in [2.75, 3.05) is 20.1 Å². The van der Waals surface area contributed by atoms with Crippen LogP contribution in [0.4, 0.5) is 0 Å². The Morgan fingerprint density at radius 2 is 1.45 bits per heavy atom. The molecule has 1 aliphatic heterocycles. The molecule has 22 heavy (non-hydrogen) atoms. The molecule has 0 amide bonds. The first-order valence-electron chi connectivity index (χ1n) is 7.17. The second-order valence-electron chi connectivity index (χ2n) is 5.41. The van der Waals surface area contributed by atoms with Crippen molar-refractivity contribution in [2.24, 2.45) is 0 Å². The van der Waals surface area contributed by atoms with Crippen molar-refractivity contribution in [2.45, 2.75) is 0 Å². The molecule has 1 fully saturated rings. The molecule has 0 aromatic carbocycles. The van der Waals surface area contributed by atoms with Gasteiger partial charge >= 0.3 is 0 Å². The fraction of sp³-hybridized carbons (Fsp3) is 0.167. The van der Waals surface area contributed by atoms with Crippen LogP contribution in [0.3, 0.4) is 0 Å². The lowest BCUT2D eigenvalue weighted by atomic mass is 9.95. The normalized spacial score (nSPS) is 19.8. The number of piperidine rings is 1. The first-order chi connectivity index (χ1) is 10.7. The van der Waals surface area contributed by atoms with Gasteiger partial charge in [0, 0.05) is 49.0 Å². The van der Waals surface area contributed by atoms with E-state index in [-0.39, 0.29) is 5.78 Å². The third kappa shape index (κ3) is 3.35. The minimum absolute atomic E-state index is 0.103. The van der Waals surface area contributed by atoms with E-state index >= 15 is 0 Å². The monoisotopic (exact) mass is 291 g/mol. The Kier molecular flexibility index (Phi) is 4.21. The quantitative estimate of drug-likeness (QED) is 0.797. The molecule has 0 N–H and O–H groups in total. The Morgan fingerprint density at radius 1 is 0.955 bits per heavy atom. The summed E-state index contributed by atoms with van der Waals surface area (Å²) >= 11 is 0. The van der Waals surface area contributed by atoms with Crippen LogP contribution in [0.5, 0.6) is 0 Å². The first-order valence-corrected chi connectivity index (χ1v) is 7.17. The van der Waals surface area contributed by atoms with Gasteiger partial charge in [0.15, 0.2) is 5.78 Å². The Hall–Kier alpha value is -2.59. The number of hydrogen-bond donors (Lipinski definition) is 0. The van der Waals surface area contributed by atoms with Crippen LogP contribution in [0.25, 0.3) is 12.2 Å². The molecule has 1 aliphatic rings. The maximum absolute atomic E-state index is 12.7. The van der Waals surface area contributed by atoms with Crippen molar-refractivity contribution >= 4 is 17.9 Å². The van der Waals surface area contributed by atoms with Crippen LogP contribution >= 0.6 is 0 Å². The lowest BCUT2D eigenvalue weighted by Crippen LogP contribution is -2.34. The fourth-order valence-electron chi connectivity index (χ4n) is 2.53. The molecular weight excluding hydrogens is 274 g/mol. The highest BCUT2D eigenvalue weighted by Gasteiger charge is 2.23. The number of rotatable bonds is 2. The van der Waals surface area contributed by atoms with Gasteiger partial charge < -0.3 is 0 Å². The zero-order chi connectivity index (χ0) is 15.4. The number of hydrogen-bond acceptors (Lipinski definition) is 4. The Labute approximate surface area is 129 Å². The summed E-state index contributed by atoms with van der Waals surface area (Å²) in [4.78, 5) is 23.0. The van der Waals surface area contributed by atoms with Gasteiger partial charge in [0.1, 0.15) is 0 Å². The number of likely N-dealkylation sites (N-methyl/N-ethyl adjacent to an activating group) is 1. The fourth-order valence-corrected chi connectivity index (χ4v) is 2.53. The zero-order valence-electron chi connectivity index (χ0n) is 12.4. The molecule has 2 aromatic rings. The van der Waals surface area contributed by atoms with Crippen LogP contribution in [0.1, 0.15) is 11.1 Å². The predicted octanol–water partition coefficient (Wildman–Crippen LogP) is 2.46. The average Bonchev–Trinajstić information content (AvgIpc) is 2.54.